The van der Waals surface area contributed by atoms with Crippen LogP contribution in [0.3, 0.4) is 0 Å². The third-order valence-corrected chi connectivity index (χ3v) is 4.94. The normalized spacial score (nSPS) is 15.5. The average Bonchev–Trinajstić information content (AvgIpc) is 2.67. The number of fused-ring (bicyclic) bond motifs is 1. The Labute approximate surface area is 170 Å². The van der Waals surface area contributed by atoms with E-state index in [9.17, 15) is 18.0 Å². The molecule has 0 saturated carbocycles. The lowest BCUT2D eigenvalue weighted by Gasteiger charge is -2.36. The van der Waals surface area contributed by atoms with Gasteiger partial charge in [-0.05, 0) is 36.6 Å². The lowest BCUT2D eigenvalue weighted by molar-refractivity contribution is -0.189. The molecule has 0 aliphatic carbocycles. The summed E-state index contributed by atoms with van der Waals surface area (Å²) in [4.78, 5) is 21.4. The maximum Gasteiger partial charge on any atom is 0.408 e. The van der Waals surface area contributed by atoms with Gasteiger partial charge < -0.3 is 9.47 Å². The summed E-state index contributed by atoms with van der Waals surface area (Å²) in [5.74, 6) is -0.569. The Morgan fingerprint density at radius 3 is 2.79 bits per heavy atom. The van der Waals surface area contributed by atoms with E-state index in [-0.39, 0.29) is 43.3 Å². The molecule has 3 heterocycles. The summed E-state index contributed by atoms with van der Waals surface area (Å²) >= 11 is 6.25. The van der Waals surface area contributed by atoms with Gasteiger partial charge in [0, 0.05) is 30.4 Å². The maximum absolute atomic E-state index is 14.0. The number of aromatic nitrogens is 2. The second-order valence-electron chi connectivity index (χ2n) is 6.43. The molecule has 1 aliphatic heterocycles. The lowest BCUT2D eigenvalue weighted by Crippen LogP contribution is -2.42. The van der Waals surface area contributed by atoms with Gasteiger partial charge in [0.05, 0.1) is 19.4 Å². The van der Waals surface area contributed by atoms with Crippen LogP contribution in [0, 0.1) is 0 Å². The molecule has 2 aromatic rings. The van der Waals surface area contributed by atoms with E-state index in [0.29, 0.717) is 16.3 Å². The third kappa shape index (κ3) is 4.62. The molecule has 0 saturated heterocycles. The van der Waals surface area contributed by atoms with Gasteiger partial charge in [0.2, 0.25) is 5.88 Å². The standard InChI is InChI=1S/C19H19ClF3N3O3/c1-3-29-18(27)14-9-13(20)12-5-7-26(10-15(12)25-14)17(19(21,22)23)11-4-6-24-16(8-11)28-2/h4,6,8-9,17H,3,5,7,10H2,1-2H3. The van der Waals surface area contributed by atoms with E-state index in [1.54, 1.807) is 6.92 Å². The Kier molecular flexibility index (Phi) is 6.28. The number of esters is 1. The summed E-state index contributed by atoms with van der Waals surface area (Å²) in [5.41, 5.74) is 0.971. The van der Waals surface area contributed by atoms with Crippen molar-refractivity contribution >= 4 is 17.6 Å². The van der Waals surface area contributed by atoms with Crippen LogP contribution in [0.5, 0.6) is 5.88 Å². The number of nitrogens with zero attached hydrogens (tertiary/aromatic N) is 3. The fourth-order valence-electron chi connectivity index (χ4n) is 3.35. The summed E-state index contributed by atoms with van der Waals surface area (Å²) in [5, 5.41) is 0.298. The monoisotopic (exact) mass is 429 g/mol. The number of ether oxygens (including phenoxy) is 2. The summed E-state index contributed by atoms with van der Waals surface area (Å²) in [6.45, 7) is 1.82. The Morgan fingerprint density at radius 2 is 2.14 bits per heavy atom. The second kappa shape index (κ2) is 8.54. The molecule has 1 aliphatic rings. The minimum Gasteiger partial charge on any atom is -0.481 e. The minimum absolute atomic E-state index is 0.0143. The number of carbonyl (C=O) groups is 1. The van der Waals surface area contributed by atoms with E-state index < -0.39 is 18.2 Å². The van der Waals surface area contributed by atoms with Gasteiger partial charge in [-0.3, -0.25) is 4.90 Å². The molecular weight excluding hydrogens is 411 g/mol. The first-order valence-electron chi connectivity index (χ1n) is 8.90. The number of alkyl halides is 3. The summed E-state index contributed by atoms with van der Waals surface area (Å²) in [7, 11) is 1.34. The molecule has 0 radical (unpaired) electrons. The highest BCUT2D eigenvalue weighted by atomic mass is 35.5. The predicted molar refractivity (Wildman–Crippen MR) is 98.9 cm³/mol. The van der Waals surface area contributed by atoms with Crippen LogP contribution >= 0.6 is 11.6 Å². The zero-order valence-corrected chi connectivity index (χ0v) is 16.5. The molecule has 0 aromatic carbocycles. The molecule has 0 fully saturated rings. The van der Waals surface area contributed by atoms with Crippen LogP contribution < -0.4 is 4.74 Å². The number of hydrogen-bond acceptors (Lipinski definition) is 6. The molecule has 156 valence electrons. The van der Waals surface area contributed by atoms with Crippen molar-refractivity contribution in [2.75, 3.05) is 20.3 Å². The van der Waals surface area contributed by atoms with Crippen molar-refractivity contribution in [2.45, 2.75) is 32.1 Å². The molecule has 0 spiro atoms. The van der Waals surface area contributed by atoms with Gasteiger partial charge >= 0.3 is 12.1 Å². The number of rotatable bonds is 5. The molecule has 10 heteroatoms. The minimum atomic E-state index is -4.54. The fourth-order valence-corrected chi connectivity index (χ4v) is 3.66. The zero-order chi connectivity index (χ0) is 21.2. The Hall–Kier alpha value is -2.39. The van der Waals surface area contributed by atoms with Gasteiger partial charge in [-0.25, -0.2) is 14.8 Å². The molecule has 0 bridgehead atoms. The van der Waals surface area contributed by atoms with Gasteiger partial charge in [0.25, 0.3) is 0 Å². The summed E-state index contributed by atoms with van der Waals surface area (Å²) in [6.07, 6.45) is -2.98. The molecule has 29 heavy (non-hydrogen) atoms. The van der Waals surface area contributed by atoms with Gasteiger partial charge in [-0.15, -0.1) is 0 Å². The number of hydrogen-bond donors (Lipinski definition) is 0. The largest absolute Gasteiger partial charge is 0.481 e. The van der Waals surface area contributed by atoms with E-state index in [1.165, 1.54) is 36.4 Å². The quantitative estimate of drug-likeness (QED) is 0.670. The summed E-state index contributed by atoms with van der Waals surface area (Å²) in [6, 6.07) is 2.09. The van der Waals surface area contributed by atoms with Gasteiger partial charge in [-0.2, -0.15) is 13.2 Å². The van der Waals surface area contributed by atoms with Crippen LogP contribution in [0.25, 0.3) is 0 Å². The van der Waals surface area contributed by atoms with E-state index in [0.717, 1.165) is 0 Å². The molecular formula is C19H19ClF3N3O3. The third-order valence-electron chi connectivity index (χ3n) is 4.60. The van der Waals surface area contributed by atoms with Crippen molar-refractivity contribution in [3.05, 3.63) is 51.9 Å². The van der Waals surface area contributed by atoms with Crippen LogP contribution in [0.2, 0.25) is 5.02 Å². The Balaban J connectivity index is 1.97. The van der Waals surface area contributed by atoms with E-state index in [4.69, 9.17) is 21.1 Å². The molecule has 6 nitrogen and oxygen atoms in total. The molecule has 1 atom stereocenters. The van der Waals surface area contributed by atoms with Crippen LogP contribution in [0.4, 0.5) is 13.2 Å². The van der Waals surface area contributed by atoms with E-state index >= 15 is 0 Å². The van der Waals surface area contributed by atoms with Crippen LogP contribution in [0.1, 0.15) is 40.3 Å². The smallest absolute Gasteiger partial charge is 0.408 e. The predicted octanol–water partition coefficient (Wildman–Crippen LogP) is 3.98. The van der Waals surface area contributed by atoms with Crippen molar-refractivity contribution in [3.8, 4) is 5.88 Å². The van der Waals surface area contributed by atoms with Crippen LogP contribution in [-0.4, -0.2) is 47.3 Å². The molecule has 1 unspecified atom stereocenters. The zero-order valence-electron chi connectivity index (χ0n) is 15.8. The number of carbonyl (C=O) groups excluding carboxylic acids is 1. The first-order chi connectivity index (χ1) is 13.7. The van der Waals surface area contributed by atoms with E-state index in [2.05, 4.69) is 9.97 Å². The average molecular weight is 430 g/mol. The highest BCUT2D eigenvalue weighted by Crippen LogP contribution is 2.41. The van der Waals surface area contributed by atoms with Crippen molar-refractivity contribution < 1.29 is 27.4 Å². The maximum atomic E-state index is 14.0. The van der Waals surface area contributed by atoms with E-state index in [1.807, 2.05) is 0 Å². The Morgan fingerprint density at radius 1 is 1.38 bits per heavy atom. The molecule has 0 N–H and O–H groups in total. The first-order valence-corrected chi connectivity index (χ1v) is 9.28. The Bertz CT molecular complexity index is 908. The highest BCUT2D eigenvalue weighted by Gasteiger charge is 2.46. The number of halogens is 4. The van der Waals surface area contributed by atoms with Gasteiger partial charge in [0.1, 0.15) is 11.7 Å². The lowest BCUT2D eigenvalue weighted by atomic mass is 9.99. The SMILES string of the molecule is CCOC(=O)c1cc(Cl)c2c(n1)CN(C(c1ccnc(OC)c1)C(F)(F)F)CC2. The van der Waals surface area contributed by atoms with Crippen molar-refractivity contribution in [2.24, 2.45) is 0 Å². The van der Waals surface area contributed by atoms with Crippen molar-refractivity contribution in [1.82, 2.24) is 14.9 Å². The van der Waals surface area contributed by atoms with Crippen LogP contribution in [-0.2, 0) is 17.7 Å². The molecule has 2 aromatic heterocycles. The van der Waals surface area contributed by atoms with Gasteiger partial charge in [0.15, 0.2) is 0 Å². The molecule has 0 amide bonds. The van der Waals surface area contributed by atoms with Crippen LogP contribution in [0.15, 0.2) is 24.4 Å². The van der Waals surface area contributed by atoms with Gasteiger partial charge in [-0.1, -0.05) is 11.6 Å². The number of pyridine rings is 2. The fraction of sp³-hybridized carbons (Fsp3) is 0.421. The topological polar surface area (TPSA) is 64.5 Å². The first kappa shape index (κ1) is 21.3. The van der Waals surface area contributed by atoms with Crippen molar-refractivity contribution in [3.63, 3.8) is 0 Å². The second-order valence-corrected chi connectivity index (χ2v) is 6.84. The van der Waals surface area contributed by atoms with Crippen molar-refractivity contribution in [1.29, 1.82) is 0 Å². The number of methoxy groups -OCH3 is 1. The molecule has 3 rings (SSSR count). The highest BCUT2D eigenvalue weighted by molar-refractivity contribution is 6.31. The summed E-state index contributed by atoms with van der Waals surface area (Å²) < 4.78 is 51.8.